The third-order valence-electron chi connectivity index (χ3n) is 6.00. The lowest BCUT2D eigenvalue weighted by Gasteiger charge is -2.23. The van der Waals surface area contributed by atoms with Crippen molar-refractivity contribution in [2.24, 2.45) is 0 Å². The first-order valence-electron chi connectivity index (χ1n) is 11.7. The minimum Gasteiger partial charge on any atom is -0.478 e. The number of carbonyl (C=O) groups is 3. The van der Waals surface area contributed by atoms with Crippen LogP contribution in [0.2, 0.25) is 10.0 Å². The lowest BCUT2D eigenvalue weighted by molar-refractivity contribution is -0.123. The lowest BCUT2D eigenvalue weighted by atomic mass is 10.0. The predicted molar refractivity (Wildman–Crippen MR) is 143 cm³/mol. The van der Waals surface area contributed by atoms with E-state index in [-0.39, 0.29) is 42.5 Å². The molecule has 2 amide bonds. The van der Waals surface area contributed by atoms with Crippen LogP contribution in [0.3, 0.4) is 0 Å². The maximum absolute atomic E-state index is 14.2. The number of urea groups is 1. The molecular formula is C27H24Cl2FN3O5. The van der Waals surface area contributed by atoms with E-state index in [1.807, 2.05) is 0 Å². The predicted octanol–water partition coefficient (Wildman–Crippen LogP) is 5.90. The van der Waals surface area contributed by atoms with E-state index in [1.54, 1.807) is 47.4 Å². The van der Waals surface area contributed by atoms with Crippen molar-refractivity contribution in [1.82, 2.24) is 4.90 Å². The van der Waals surface area contributed by atoms with E-state index in [0.29, 0.717) is 27.7 Å². The van der Waals surface area contributed by atoms with Gasteiger partial charge in [-0.25, -0.2) is 14.0 Å². The number of para-hydroxylation sites is 1. The Morgan fingerprint density at radius 3 is 2.32 bits per heavy atom. The summed E-state index contributed by atoms with van der Waals surface area (Å²) in [5.41, 5.74) is 1.53. The zero-order valence-electron chi connectivity index (χ0n) is 20.0. The van der Waals surface area contributed by atoms with Crippen molar-refractivity contribution in [1.29, 1.82) is 0 Å². The van der Waals surface area contributed by atoms with Gasteiger partial charge in [0.1, 0.15) is 18.7 Å². The molecule has 1 fully saturated rings. The molecule has 38 heavy (non-hydrogen) atoms. The minimum absolute atomic E-state index is 0.0204. The number of ether oxygens (including phenoxy) is 1. The highest BCUT2D eigenvalue weighted by molar-refractivity contribution is 6.34. The summed E-state index contributed by atoms with van der Waals surface area (Å²) < 4.78 is 19.9. The highest BCUT2D eigenvalue weighted by atomic mass is 35.5. The summed E-state index contributed by atoms with van der Waals surface area (Å²) in [5.74, 6) is -0.827. The van der Waals surface area contributed by atoms with Crippen LogP contribution in [-0.2, 0) is 11.2 Å². The molecule has 1 aliphatic heterocycles. The van der Waals surface area contributed by atoms with Gasteiger partial charge in [-0.3, -0.25) is 9.69 Å². The van der Waals surface area contributed by atoms with Crippen molar-refractivity contribution in [3.05, 3.63) is 87.9 Å². The zero-order valence-corrected chi connectivity index (χ0v) is 21.5. The number of benzene rings is 3. The number of likely N-dealkylation sites (tertiary alicyclic amines) is 1. The van der Waals surface area contributed by atoms with E-state index in [0.717, 1.165) is 0 Å². The quantitative estimate of drug-likeness (QED) is 0.301. The molecule has 11 heteroatoms. The minimum atomic E-state index is -1.17. The maximum atomic E-state index is 14.2. The largest absolute Gasteiger partial charge is 0.478 e. The second-order valence-electron chi connectivity index (χ2n) is 8.74. The maximum Gasteiger partial charge on any atom is 0.335 e. The molecule has 0 radical (unpaired) electrons. The number of hydrogen-bond acceptors (Lipinski definition) is 5. The molecule has 4 rings (SSSR count). The Morgan fingerprint density at radius 1 is 0.974 bits per heavy atom. The van der Waals surface area contributed by atoms with Crippen LogP contribution in [0.25, 0.3) is 0 Å². The first-order valence-corrected chi connectivity index (χ1v) is 12.4. The topological polar surface area (TPSA) is 108 Å². The molecule has 1 saturated heterocycles. The second kappa shape index (κ2) is 12.3. The number of carboxylic acids is 1. The number of rotatable bonds is 9. The monoisotopic (exact) mass is 559 g/mol. The number of nitrogens with zero attached hydrogens (tertiary/aromatic N) is 1. The molecular weight excluding hydrogens is 536 g/mol. The molecule has 198 valence electrons. The Labute approximate surface area is 228 Å². The number of ketones is 1. The van der Waals surface area contributed by atoms with Crippen molar-refractivity contribution in [2.45, 2.75) is 25.1 Å². The number of anilines is 2. The molecule has 8 nitrogen and oxygen atoms in total. The van der Waals surface area contributed by atoms with Gasteiger partial charge in [0.05, 0.1) is 33.0 Å². The Bertz CT molecular complexity index is 1340. The van der Waals surface area contributed by atoms with Crippen molar-refractivity contribution in [2.75, 3.05) is 23.9 Å². The van der Waals surface area contributed by atoms with Crippen LogP contribution in [0.1, 0.15) is 22.3 Å². The van der Waals surface area contributed by atoms with E-state index < -0.39 is 24.2 Å². The van der Waals surface area contributed by atoms with Gasteiger partial charge in [-0.2, -0.15) is 0 Å². The van der Waals surface area contributed by atoms with Crippen LogP contribution in [0, 0.1) is 0 Å². The molecule has 0 aromatic heterocycles. The van der Waals surface area contributed by atoms with Gasteiger partial charge in [-0.05, 0) is 54.1 Å². The fourth-order valence-corrected chi connectivity index (χ4v) is 4.54. The van der Waals surface area contributed by atoms with Gasteiger partial charge in [0.2, 0.25) is 0 Å². The third kappa shape index (κ3) is 7.00. The second-order valence-corrected chi connectivity index (χ2v) is 9.55. The fourth-order valence-electron chi connectivity index (χ4n) is 4.10. The van der Waals surface area contributed by atoms with Gasteiger partial charge < -0.3 is 20.5 Å². The standard InChI is InChI=1S/C27H24Cl2FN3O5/c28-20-3-1-2-4-22(20)31-27(37)32-23-10-5-16(11-21(23)29)12-25(34)24-13-18(30)14-33(24)15-38-19-8-6-17(7-9-19)26(35)36/h1-11,18,24H,12-15H2,(H,35,36)(H2,31,32,37)/t18-,24-/m0/s1. The van der Waals surface area contributed by atoms with Crippen LogP contribution in [0.15, 0.2) is 66.7 Å². The van der Waals surface area contributed by atoms with Crippen molar-refractivity contribution < 1.29 is 28.6 Å². The first-order chi connectivity index (χ1) is 18.2. The fraction of sp³-hybridized carbons (Fsp3) is 0.222. The van der Waals surface area contributed by atoms with Gasteiger partial charge in [0.25, 0.3) is 0 Å². The normalized spacial score (nSPS) is 17.1. The first kappa shape index (κ1) is 27.4. The summed E-state index contributed by atoms with van der Waals surface area (Å²) in [6.45, 7) is 0.0289. The molecule has 0 unspecified atom stereocenters. The summed E-state index contributed by atoms with van der Waals surface area (Å²) in [5, 5.41) is 14.9. The summed E-state index contributed by atoms with van der Waals surface area (Å²) in [7, 11) is 0. The Kier molecular flexibility index (Phi) is 8.83. The van der Waals surface area contributed by atoms with E-state index >= 15 is 0 Å². The molecule has 1 aliphatic rings. The molecule has 2 atom stereocenters. The van der Waals surface area contributed by atoms with Crippen LogP contribution >= 0.6 is 23.2 Å². The number of alkyl halides is 1. The number of Topliss-reactive ketones (excluding diaryl/α,β-unsaturated/α-hetero) is 1. The van der Waals surface area contributed by atoms with Gasteiger partial charge in [-0.1, -0.05) is 41.4 Å². The molecule has 3 N–H and O–H groups in total. The van der Waals surface area contributed by atoms with Gasteiger partial charge >= 0.3 is 12.0 Å². The third-order valence-corrected chi connectivity index (χ3v) is 6.65. The Hall–Kier alpha value is -3.66. The van der Waals surface area contributed by atoms with E-state index in [9.17, 15) is 18.8 Å². The van der Waals surface area contributed by atoms with E-state index in [2.05, 4.69) is 10.6 Å². The van der Waals surface area contributed by atoms with E-state index in [1.165, 1.54) is 24.3 Å². The highest BCUT2D eigenvalue weighted by Gasteiger charge is 2.37. The number of amides is 2. The van der Waals surface area contributed by atoms with Crippen LogP contribution in [0.4, 0.5) is 20.6 Å². The molecule has 3 aromatic carbocycles. The van der Waals surface area contributed by atoms with Crippen LogP contribution in [-0.4, -0.2) is 53.3 Å². The average molecular weight is 560 g/mol. The number of nitrogens with one attached hydrogen (secondary N) is 2. The summed E-state index contributed by atoms with van der Waals surface area (Å²) in [6, 6.07) is 16.3. The van der Waals surface area contributed by atoms with Crippen molar-refractivity contribution in [3.63, 3.8) is 0 Å². The summed E-state index contributed by atoms with van der Waals surface area (Å²) in [4.78, 5) is 38.0. The average Bonchev–Trinajstić information content (AvgIpc) is 3.26. The number of aromatic carboxylic acids is 1. The molecule has 0 saturated carbocycles. The number of halogens is 3. The number of hydrogen-bond donors (Lipinski definition) is 3. The molecule has 0 spiro atoms. The molecule has 0 aliphatic carbocycles. The molecule has 0 bridgehead atoms. The van der Waals surface area contributed by atoms with Gasteiger partial charge in [0, 0.05) is 19.4 Å². The van der Waals surface area contributed by atoms with Gasteiger partial charge in [-0.15, -0.1) is 0 Å². The SMILES string of the molecule is O=C(Nc1ccccc1Cl)Nc1ccc(CC(=O)[C@@H]2C[C@H](F)CN2COc2ccc(C(=O)O)cc2)cc1Cl. The number of carboxylic acid groups (broad SMARTS) is 1. The molecule has 3 aromatic rings. The smallest absolute Gasteiger partial charge is 0.335 e. The summed E-state index contributed by atoms with van der Waals surface area (Å²) in [6.07, 6.45) is -1.10. The van der Waals surface area contributed by atoms with Crippen molar-refractivity contribution >= 4 is 52.4 Å². The van der Waals surface area contributed by atoms with Crippen LogP contribution in [0.5, 0.6) is 5.75 Å². The highest BCUT2D eigenvalue weighted by Crippen LogP contribution is 2.27. The summed E-state index contributed by atoms with van der Waals surface area (Å²) >= 11 is 12.4. The Balaban J connectivity index is 1.34. The van der Waals surface area contributed by atoms with Crippen LogP contribution < -0.4 is 15.4 Å². The van der Waals surface area contributed by atoms with Crippen molar-refractivity contribution in [3.8, 4) is 5.75 Å². The lowest BCUT2D eigenvalue weighted by Crippen LogP contribution is -2.39. The number of carbonyl (C=O) groups excluding carboxylic acids is 2. The Morgan fingerprint density at radius 2 is 1.66 bits per heavy atom. The van der Waals surface area contributed by atoms with Gasteiger partial charge in [0.15, 0.2) is 5.78 Å². The van der Waals surface area contributed by atoms with E-state index in [4.69, 9.17) is 33.0 Å². The zero-order chi connectivity index (χ0) is 27.2. The molecule has 1 heterocycles.